The molecule has 0 aliphatic carbocycles. The van der Waals surface area contributed by atoms with Gasteiger partial charge in [0.25, 0.3) is 0 Å². The molecule has 6 heteroatoms. The van der Waals surface area contributed by atoms with Gasteiger partial charge in [-0.3, -0.25) is 0 Å². The van der Waals surface area contributed by atoms with Crippen molar-refractivity contribution in [2.24, 2.45) is 0 Å². The first-order valence-corrected chi connectivity index (χ1v) is 6.37. The van der Waals surface area contributed by atoms with E-state index in [9.17, 15) is 12.8 Å². The van der Waals surface area contributed by atoms with Gasteiger partial charge in [-0.15, -0.1) is 11.6 Å². The van der Waals surface area contributed by atoms with Crippen LogP contribution in [0.2, 0.25) is 0 Å². The van der Waals surface area contributed by atoms with E-state index in [0.29, 0.717) is 5.56 Å². The van der Waals surface area contributed by atoms with Crippen molar-refractivity contribution in [2.45, 2.75) is 17.7 Å². The molecule has 1 aromatic carbocycles. The minimum atomic E-state index is -3.76. The van der Waals surface area contributed by atoms with Crippen LogP contribution in [-0.2, 0) is 15.9 Å². The van der Waals surface area contributed by atoms with Crippen LogP contribution < -0.4 is 4.72 Å². The highest BCUT2D eigenvalue weighted by molar-refractivity contribution is 7.89. The molecule has 3 nitrogen and oxygen atoms in total. The smallest absolute Gasteiger partial charge is 0.211 e. The molecule has 1 rings (SSSR count). The number of nitrogens with one attached hydrogen (secondary N) is 1. The molecule has 0 spiro atoms. The monoisotopic (exact) mass is 251 g/mol. The van der Waals surface area contributed by atoms with Crippen molar-refractivity contribution in [1.29, 1.82) is 0 Å². The Balaban J connectivity index is 3.24. The predicted octanol–water partition coefficient (Wildman–Crippen LogP) is 1.86. The van der Waals surface area contributed by atoms with E-state index in [1.54, 1.807) is 6.92 Å². The molecule has 0 radical (unpaired) electrons. The van der Waals surface area contributed by atoms with Crippen molar-refractivity contribution >= 4 is 21.6 Å². The van der Waals surface area contributed by atoms with Crippen LogP contribution >= 0.6 is 11.6 Å². The Kier molecular flexibility index (Phi) is 4.07. The number of sulfonamides is 1. The first-order chi connectivity index (χ1) is 7.01. The molecule has 0 aliphatic heterocycles. The molecule has 0 saturated carbocycles. The zero-order valence-electron chi connectivity index (χ0n) is 8.13. The van der Waals surface area contributed by atoms with Gasteiger partial charge in [0.05, 0.1) is 0 Å². The lowest BCUT2D eigenvalue weighted by molar-refractivity contribution is 0.558. The van der Waals surface area contributed by atoms with Crippen LogP contribution in [-0.4, -0.2) is 15.0 Å². The molecule has 0 heterocycles. The maximum Gasteiger partial charge on any atom is 0.243 e. The predicted molar refractivity (Wildman–Crippen MR) is 56.8 cm³/mol. The SMILES string of the molecule is CCNS(=O)(=O)c1cc(CCl)ccc1F. The standard InChI is InChI=1S/C9H11ClFNO2S/c1-2-12-15(13,14)9-5-7(6-10)3-4-8(9)11/h3-5,12H,2,6H2,1H3. The lowest BCUT2D eigenvalue weighted by atomic mass is 10.2. The molecule has 0 unspecified atom stereocenters. The molecule has 0 aliphatic rings. The number of benzene rings is 1. The van der Waals surface area contributed by atoms with Gasteiger partial charge in [0.2, 0.25) is 10.0 Å². The largest absolute Gasteiger partial charge is 0.243 e. The normalized spacial score (nSPS) is 11.7. The first-order valence-electron chi connectivity index (χ1n) is 4.35. The zero-order valence-corrected chi connectivity index (χ0v) is 9.70. The van der Waals surface area contributed by atoms with Crippen LogP contribution in [0.15, 0.2) is 23.1 Å². The van der Waals surface area contributed by atoms with E-state index >= 15 is 0 Å². The van der Waals surface area contributed by atoms with Crippen molar-refractivity contribution in [3.8, 4) is 0 Å². The summed E-state index contributed by atoms with van der Waals surface area (Å²) in [4.78, 5) is -0.359. The van der Waals surface area contributed by atoms with Crippen molar-refractivity contribution in [3.63, 3.8) is 0 Å². The van der Waals surface area contributed by atoms with E-state index in [1.165, 1.54) is 12.1 Å². The highest BCUT2D eigenvalue weighted by atomic mass is 35.5. The van der Waals surface area contributed by atoms with Crippen molar-refractivity contribution in [1.82, 2.24) is 4.72 Å². The lowest BCUT2D eigenvalue weighted by Gasteiger charge is -2.06. The molecule has 1 aromatic rings. The van der Waals surface area contributed by atoms with Gasteiger partial charge in [0, 0.05) is 12.4 Å². The third-order valence-electron chi connectivity index (χ3n) is 1.77. The zero-order chi connectivity index (χ0) is 11.5. The van der Waals surface area contributed by atoms with Crippen LogP contribution in [0.1, 0.15) is 12.5 Å². The highest BCUT2D eigenvalue weighted by Crippen LogP contribution is 2.17. The Labute approximate surface area is 93.3 Å². The Bertz CT molecular complexity index is 447. The topological polar surface area (TPSA) is 46.2 Å². The van der Waals surface area contributed by atoms with Gasteiger partial charge in [-0.2, -0.15) is 0 Å². The minimum Gasteiger partial charge on any atom is -0.211 e. The third-order valence-corrected chi connectivity index (χ3v) is 3.64. The molecule has 0 bridgehead atoms. The second kappa shape index (κ2) is 4.92. The van der Waals surface area contributed by atoms with Crippen molar-refractivity contribution in [2.75, 3.05) is 6.54 Å². The van der Waals surface area contributed by atoms with Gasteiger partial charge in [-0.25, -0.2) is 17.5 Å². The fourth-order valence-corrected chi connectivity index (χ4v) is 2.44. The van der Waals surface area contributed by atoms with E-state index in [1.807, 2.05) is 0 Å². The highest BCUT2D eigenvalue weighted by Gasteiger charge is 2.18. The second-order valence-corrected chi connectivity index (χ2v) is 4.90. The Morgan fingerprint density at radius 1 is 1.47 bits per heavy atom. The summed E-state index contributed by atoms with van der Waals surface area (Å²) in [5.74, 6) is -0.626. The summed E-state index contributed by atoms with van der Waals surface area (Å²) < 4.78 is 38.5. The molecule has 84 valence electrons. The van der Waals surface area contributed by atoms with Crippen LogP contribution in [0.4, 0.5) is 4.39 Å². The van der Waals surface area contributed by atoms with Gasteiger partial charge in [0.1, 0.15) is 10.7 Å². The fraction of sp³-hybridized carbons (Fsp3) is 0.333. The summed E-state index contributed by atoms with van der Waals surface area (Å²) in [6.45, 7) is 1.84. The Hall–Kier alpha value is -0.650. The van der Waals surface area contributed by atoms with Crippen LogP contribution in [0, 0.1) is 5.82 Å². The first kappa shape index (κ1) is 12.4. The van der Waals surface area contributed by atoms with Gasteiger partial charge in [-0.05, 0) is 17.7 Å². The molecule has 0 saturated heterocycles. The summed E-state index contributed by atoms with van der Waals surface area (Å²) in [6.07, 6.45) is 0. The van der Waals surface area contributed by atoms with Crippen molar-refractivity contribution < 1.29 is 12.8 Å². The third kappa shape index (κ3) is 2.90. The van der Waals surface area contributed by atoms with E-state index in [0.717, 1.165) is 6.07 Å². The Morgan fingerprint density at radius 2 is 2.13 bits per heavy atom. The number of rotatable bonds is 4. The molecule has 15 heavy (non-hydrogen) atoms. The molecule has 0 atom stereocenters. The average molecular weight is 252 g/mol. The van der Waals surface area contributed by atoms with Gasteiger partial charge < -0.3 is 0 Å². The van der Waals surface area contributed by atoms with Gasteiger partial charge in [-0.1, -0.05) is 13.0 Å². The van der Waals surface area contributed by atoms with E-state index in [4.69, 9.17) is 11.6 Å². The number of hydrogen-bond acceptors (Lipinski definition) is 2. The molecular weight excluding hydrogens is 241 g/mol. The molecular formula is C9H11ClFNO2S. The summed E-state index contributed by atoms with van der Waals surface area (Å²) in [6, 6.07) is 3.79. The maximum atomic E-state index is 13.3. The molecule has 0 amide bonds. The minimum absolute atomic E-state index is 0.148. The Morgan fingerprint density at radius 3 is 2.67 bits per heavy atom. The summed E-state index contributed by atoms with van der Waals surface area (Å²) in [5, 5.41) is 0. The van der Waals surface area contributed by atoms with E-state index in [-0.39, 0.29) is 17.3 Å². The molecule has 0 aromatic heterocycles. The van der Waals surface area contributed by atoms with Crippen LogP contribution in [0.3, 0.4) is 0 Å². The summed E-state index contributed by atoms with van der Waals surface area (Å²) >= 11 is 5.54. The molecule has 1 N–H and O–H groups in total. The second-order valence-electron chi connectivity index (χ2n) is 2.90. The van der Waals surface area contributed by atoms with Gasteiger partial charge in [0.15, 0.2) is 0 Å². The summed E-state index contributed by atoms with van der Waals surface area (Å²) in [7, 11) is -3.76. The summed E-state index contributed by atoms with van der Waals surface area (Å²) in [5.41, 5.74) is 0.564. The van der Waals surface area contributed by atoms with Crippen LogP contribution in [0.5, 0.6) is 0 Å². The number of halogens is 2. The van der Waals surface area contributed by atoms with Crippen LogP contribution in [0.25, 0.3) is 0 Å². The van der Waals surface area contributed by atoms with Crippen molar-refractivity contribution in [3.05, 3.63) is 29.6 Å². The van der Waals surface area contributed by atoms with E-state index < -0.39 is 15.8 Å². The quantitative estimate of drug-likeness (QED) is 0.831. The van der Waals surface area contributed by atoms with Gasteiger partial charge >= 0.3 is 0 Å². The number of alkyl halides is 1. The molecule has 0 fully saturated rings. The average Bonchev–Trinajstić information content (AvgIpc) is 2.18. The number of hydrogen-bond donors (Lipinski definition) is 1. The maximum absolute atomic E-state index is 13.3. The fourth-order valence-electron chi connectivity index (χ4n) is 1.10. The lowest BCUT2D eigenvalue weighted by Crippen LogP contribution is -2.24. The van der Waals surface area contributed by atoms with E-state index in [2.05, 4.69) is 4.72 Å².